The molecule has 0 bridgehead atoms. The van der Waals surface area contributed by atoms with Gasteiger partial charge in [-0.2, -0.15) is 0 Å². The Balaban J connectivity index is 2.28. The van der Waals surface area contributed by atoms with Crippen LogP contribution in [0.5, 0.6) is 0 Å². The van der Waals surface area contributed by atoms with E-state index in [9.17, 15) is 9.59 Å². The Hall–Kier alpha value is -1.06. The van der Waals surface area contributed by atoms with Crippen LogP contribution in [-0.4, -0.2) is 40.4 Å². The van der Waals surface area contributed by atoms with E-state index in [0.717, 1.165) is 6.42 Å². The van der Waals surface area contributed by atoms with Gasteiger partial charge >= 0.3 is 6.03 Å². The van der Waals surface area contributed by atoms with Crippen molar-refractivity contribution in [3.8, 4) is 0 Å². The SMILES string of the molecule is C[C@@H]1C[C@H]1N1C(=O)N(C)C(C)(C)C1=O. The number of urea groups is 1. The summed E-state index contributed by atoms with van der Waals surface area (Å²) in [6.45, 7) is 5.65. The van der Waals surface area contributed by atoms with Gasteiger partial charge in [0.25, 0.3) is 5.91 Å². The predicted octanol–water partition coefficient (Wildman–Crippen LogP) is 1.07. The van der Waals surface area contributed by atoms with Gasteiger partial charge in [0.1, 0.15) is 5.54 Å². The normalized spacial score (nSPS) is 35.4. The fourth-order valence-corrected chi connectivity index (χ4v) is 1.88. The van der Waals surface area contributed by atoms with E-state index in [1.165, 1.54) is 9.80 Å². The Morgan fingerprint density at radius 1 is 1.36 bits per heavy atom. The molecule has 1 aliphatic heterocycles. The van der Waals surface area contributed by atoms with E-state index < -0.39 is 5.54 Å². The summed E-state index contributed by atoms with van der Waals surface area (Å²) in [5, 5.41) is 0. The molecule has 2 rings (SSSR count). The first kappa shape index (κ1) is 9.49. The van der Waals surface area contributed by atoms with E-state index in [2.05, 4.69) is 6.92 Å². The van der Waals surface area contributed by atoms with Gasteiger partial charge in [-0.3, -0.25) is 9.69 Å². The zero-order valence-corrected chi connectivity index (χ0v) is 9.07. The zero-order valence-electron chi connectivity index (χ0n) is 9.07. The van der Waals surface area contributed by atoms with Crippen LogP contribution in [0, 0.1) is 5.92 Å². The van der Waals surface area contributed by atoms with Gasteiger partial charge in [0.05, 0.1) is 0 Å². The lowest BCUT2D eigenvalue weighted by Gasteiger charge is -2.22. The Morgan fingerprint density at radius 3 is 2.14 bits per heavy atom. The highest BCUT2D eigenvalue weighted by molar-refractivity contribution is 6.06. The summed E-state index contributed by atoms with van der Waals surface area (Å²) in [4.78, 5) is 26.7. The molecule has 4 heteroatoms. The van der Waals surface area contributed by atoms with Gasteiger partial charge < -0.3 is 4.90 Å². The third-order valence-corrected chi connectivity index (χ3v) is 3.47. The molecule has 0 aromatic carbocycles. The Labute approximate surface area is 83.9 Å². The monoisotopic (exact) mass is 196 g/mol. The van der Waals surface area contributed by atoms with Gasteiger partial charge in [-0.05, 0) is 26.2 Å². The molecule has 3 amide bonds. The molecule has 14 heavy (non-hydrogen) atoms. The lowest BCUT2D eigenvalue weighted by molar-refractivity contribution is -0.132. The van der Waals surface area contributed by atoms with E-state index in [-0.39, 0.29) is 18.0 Å². The Kier molecular flexibility index (Phi) is 1.69. The molecule has 1 heterocycles. The number of amides is 3. The summed E-state index contributed by atoms with van der Waals surface area (Å²) in [5.74, 6) is 0.421. The first-order valence-electron chi connectivity index (χ1n) is 4.99. The van der Waals surface area contributed by atoms with Crippen LogP contribution >= 0.6 is 0 Å². The molecule has 0 aromatic heterocycles. The fraction of sp³-hybridized carbons (Fsp3) is 0.800. The minimum atomic E-state index is -0.667. The molecule has 4 nitrogen and oxygen atoms in total. The lowest BCUT2D eigenvalue weighted by atomic mass is 10.1. The average molecular weight is 196 g/mol. The fourth-order valence-electron chi connectivity index (χ4n) is 1.88. The summed E-state index contributed by atoms with van der Waals surface area (Å²) in [6.07, 6.45) is 0.960. The minimum Gasteiger partial charge on any atom is -0.313 e. The molecule has 0 unspecified atom stereocenters. The topological polar surface area (TPSA) is 40.6 Å². The van der Waals surface area contributed by atoms with Gasteiger partial charge in [0.15, 0.2) is 0 Å². The molecule has 2 aliphatic rings. The van der Waals surface area contributed by atoms with E-state index in [4.69, 9.17) is 0 Å². The third-order valence-electron chi connectivity index (χ3n) is 3.47. The highest BCUT2D eigenvalue weighted by Crippen LogP contribution is 2.40. The summed E-state index contributed by atoms with van der Waals surface area (Å²) in [6, 6.07) is 0.00794. The second-order valence-corrected chi connectivity index (χ2v) is 4.86. The summed E-state index contributed by atoms with van der Waals surface area (Å²) >= 11 is 0. The van der Waals surface area contributed by atoms with Crippen LogP contribution < -0.4 is 0 Å². The number of hydrogen-bond acceptors (Lipinski definition) is 2. The van der Waals surface area contributed by atoms with E-state index in [1.807, 2.05) is 0 Å². The van der Waals surface area contributed by atoms with Crippen molar-refractivity contribution >= 4 is 11.9 Å². The number of carbonyl (C=O) groups excluding carboxylic acids is 2. The van der Waals surface area contributed by atoms with Crippen molar-refractivity contribution in [1.82, 2.24) is 9.80 Å². The van der Waals surface area contributed by atoms with Crippen molar-refractivity contribution in [2.45, 2.75) is 38.8 Å². The molecular formula is C10H16N2O2. The van der Waals surface area contributed by atoms with Crippen molar-refractivity contribution in [3.05, 3.63) is 0 Å². The first-order valence-corrected chi connectivity index (χ1v) is 4.99. The average Bonchev–Trinajstić information content (AvgIpc) is 2.77. The molecule has 78 valence electrons. The van der Waals surface area contributed by atoms with Crippen LogP contribution in [0.1, 0.15) is 27.2 Å². The molecule has 0 aromatic rings. The largest absolute Gasteiger partial charge is 0.327 e. The van der Waals surface area contributed by atoms with E-state index in [1.54, 1.807) is 20.9 Å². The van der Waals surface area contributed by atoms with Crippen molar-refractivity contribution in [1.29, 1.82) is 0 Å². The number of imide groups is 1. The Bertz CT molecular complexity index is 311. The highest BCUT2D eigenvalue weighted by Gasteiger charge is 2.56. The molecule has 1 saturated heterocycles. The predicted molar refractivity (Wildman–Crippen MR) is 51.7 cm³/mol. The molecule has 2 fully saturated rings. The molecule has 1 aliphatic carbocycles. The number of nitrogens with zero attached hydrogens (tertiary/aromatic N) is 2. The quantitative estimate of drug-likeness (QED) is 0.588. The zero-order chi connectivity index (χ0) is 10.7. The van der Waals surface area contributed by atoms with Crippen LogP contribution in [0.2, 0.25) is 0 Å². The maximum absolute atomic E-state index is 11.9. The van der Waals surface area contributed by atoms with Crippen LogP contribution in [-0.2, 0) is 4.79 Å². The second-order valence-electron chi connectivity index (χ2n) is 4.86. The van der Waals surface area contributed by atoms with Crippen LogP contribution in [0.15, 0.2) is 0 Å². The first-order chi connectivity index (χ1) is 6.37. The number of carbonyl (C=O) groups is 2. The molecular weight excluding hydrogens is 180 g/mol. The van der Waals surface area contributed by atoms with Gasteiger partial charge in [-0.25, -0.2) is 4.79 Å². The maximum Gasteiger partial charge on any atom is 0.327 e. The number of hydrogen-bond donors (Lipinski definition) is 0. The van der Waals surface area contributed by atoms with Crippen molar-refractivity contribution in [2.24, 2.45) is 5.92 Å². The smallest absolute Gasteiger partial charge is 0.313 e. The number of rotatable bonds is 1. The standard InChI is InChI=1S/C10H16N2O2/c1-6-5-7(6)12-8(13)10(2,3)11(4)9(12)14/h6-7H,5H2,1-4H3/t6-,7-/m1/s1. The summed E-state index contributed by atoms with van der Waals surface area (Å²) in [7, 11) is 1.69. The molecule has 0 radical (unpaired) electrons. The lowest BCUT2D eigenvalue weighted by Crippen LogP contribution is -2.41. The Morgan fingerprint density at radius 2 is 1.86 bits per heavy atom. The van der Waals surface area contributed by atoms with Gasteiger partial charge in [0, 0.05) is 13.1 Å². The minimum absolute atomic E-state index is 0.0562. The van der Waals surface area contributed by atoms with Gasteiger partial charge in [-0.15, -0.1) is 0 Å². The maximum atomic E-state index is 11.9. The van der Waals surface area contributed by atoms with Crippen molar-refractivity contribution in [2.75, 3.05) is 7.05 Å². The van der Waals surface area contributed by atoms with Crippen molar-refractivity contribution < 1.29 is 9.59 Å². The van der Waals surface area contributed by atoms with Crippen LogP contribution in [0.4, 0.5) is 4.79 Å². The molecule has 0 N–H and O–H groups in total. The summed E-state index contributed by atoms with van der Waals surface area (Å²) in [5.41, 5.74) is -0.667. The molecule has 1 saturated carbocycles. The second kappa shape index (κ2) is 2.49. The van der Waals surface area contributed by atoms with Crippen molar-refractivity contribution in [3.63, 3.8) is 0 Å². The van der Waals surface area contributed by atoms with Crippen LogP contribution in [0.3, 0.4) is 0 Å². The van der Waals surface area contributed by atoms with E-state index in [0.29, 0.717) is 5.92 Å². The van der Waals surface area contributed by atoms with Gasteiger partial charge in [-0.1, -0.05) is 6.92 Å². The van der Waals surface area contributed by atoms with Crippen LogP contribution in [0.25, 0.3) is 0 Å². The molecule has 0 spiro atoms. The van der Waals surface area contributed by atoms with Gasteiger partial charge in [0.2, 0.25) is 0 Å². The molecule has 2 atom stereocenters. The number of likely N-dealkylation sites (N-methyl/N-ethyl adjacent to an activating group) is 1. The highest BCUT2D eigenvalue weighted by atomic mass is 16.2. The third kappa shape index (κ3) is 0.996. The summed E-state index contributed by atoms with van der Waals surface area (Å²) < 4.78 is 0. The van der Waals surface area contributed by atoms with E-state index >= 15 is 0 Å².